The first-order valence-corrected chi connectivity index (χ1v) is 15.2. The number of halogens is 3. The average Bonchev–Trinajstić information content (AvgIpc) is 3.76. The molecule has 8 nitrogen and oxygen atoms in total. The molecule has 2 amide bonds. The van der Waals surface area contributed by atoms with Crippen LogP contribution < -0.4 is 15.7 Å². The number of rotatable bonds is 7. The summed E-state index contributed by atoms with van der Waals surface area (Å²) in [6.45, 7) is 3.73. The molecule has 1 saturated carbocycles. The molecule has 1 aliphatic heterocycles. The summed E-state index contributed by atoms with van der Waals surface area (Å²) < 4.78 is 24.0. The second-order valence-corrected chi connectivity index (χ2v) is 12.2. The van der Waals surface area contributed by atoms with E-state index in [9.17, 15) is 18.8 Å². The van der Waals surface area contributed by atoms with Crippen LogP contribution in [0.1, 0.15) is 64.8 Å². The van der Waals surface area contributed by atoms with Crippen molar-refractivity contribution >= 4 is 39.3 Å². The van der Waals surface area contributed by atoms with Gasteiger partial charge in [-0.25, -0.2) is 9.18 Å². The smallest absolute Gasteiger partial charge is 0.333 e. The van der Waals surface area contributed by atoms with Crippen molar-refractivity contribution in [2.24, 2.45) is 0 Å². The van der Waals surface area contributed by atoms with Gasteiger partial charge in [0.05, 0.1) is 35.1 Å². The number of benzene rings is 3. The molecule has 0 spiro atoms. The second kappa shape index (κ2) is 11.7. The third-order valence-electron chi connectivity index (χ3n) is 7.83. The Balaban J connectivity index is 1.41. The summed E-state index contributed by atoms with van der Waals surface area (Å²) in [6.07, 6.45) is 2.23. The van der Waals surface area contributed by atoms with Gasteiger partial charge in [-0.3, -0.25) is 18.7 Å². The van der Waals surface area contributed by atoms with Gasteiger partial charge in [-0.05, 0) is 91.1 Å². The fraction of sp³-hybridized carbons (Fsp3) is 0.281. The van der Waals surface area contributed by atoms with Crippen LogP contribution in [0.2, 0.25) is 5.02 Å². The average molecular weight is 668 g/mol. The first-order valence-electron chi connectivity index (χ1n) is 14.0. The summed E-state index contributed by atoms with van der Waals surface area (Å²) in [5.74, 6) is -0.604. The molecule has 1 fully saturated rings. The van der Waals surface area contributed by atoms with E-state index in [1.165, 1.54) is 10.6 Å². The number of carbonyl (C=O) groups excluding carboxylic acids is 2. The number of aromatic nitrogens is 2. The van der Waals surface area contributed by atoms with E-state index in [4.69, 9.17) is 16.3 Å². The fourth-order valence-corrected chi connectivity index (χ4v) is 5.80. The number of ether oxygens (including phenoxy) is 1. The predicted octanol–water partition coefficient (Wildman–Crippen LogP) is 6.27. The Bertz CT molecular complexity index is 1780. The predicted molar refractivity (Wildman–Crippen MR) is 164 cm³/mol. The standard InChI is InChI=1S/C32H29BrClFN4O4/c1-18-16-38-28(17-37(18)31(41)20-7-14-25(33)26(34)15-20)29(30(40)36-19(2)24-5-3-4-6-27(24)35)39(32(38)42)21-8-10-22(11-9-21)43-23-12-13-23/h3-11,14-15,18-19,23H,12-13,16-17H2,1-2H3,(H,36,40)/t18-,19-/m0/s1. The van der Waals surface area contributed by atoms with Gasteiger partial charge in [0.25, 0.3) is 11.8 Å². The van der Waals surface area contributed by atoms with E-state index >= 15 is 0 Å². The van der Waals surface area contributed by atoms with Crippen LogP contribution in [0, 0.1) is 5.82 Å². The molecule has 1 aliphatic carbocycles. The molecular formula is C32H29BrClFN4O4. The number of fused-ring (bicyclic) bond motifs is 1. The molecule has 0 radical (unpaired) electrons. The van der Waals surface area contributed by atoms with Gasteiger partial charge in [0.2, 0.25) is 0 Å². The van der Waals surface area contributed by atoms with Crippen LogP contribution in [0.15, 0.2) is 76.0 Å². The fourth-order valence-electron chi connectivity index (χ4n) is 5.38. The van der Waals surface area contributed by atoms with Crippen LogP contribution in [-0.4, -0.2) is 38.0 Å². The summed E-state index contributed by atoms with van der Waals surface area (Å²) >= 11 is 9.62. The Labute approximate surface area is 261 Å². The van der Waals surface area contributed by atoms with E-state index in [0.717, 1.165) is 12.8 Å². The van der Waals surface area contributed by atoms with E-state index in [-0.39, 0.29) is 36.8 Å². The lowest BCUT2D eigenvalue weighted by molar-refractivity contribution is 0.0610. The molecule has 6 rings (SSSR count). The number of amides is 2. The molecule has 0 unspecified atom stereocenters. The number of nitrogens with zero attached hydrogens (tertiary/aromatic N) is 3. The maximum atomic E-state index is 14.6. The maximum Gasteiger partial charge on any atom is 0.333 e. The third-order valence-corrected chi connectivity index (χ3v) is 9.06. The second-order valence-electron chi connectivity index (χ2n) is 11.0. The number of imidazole rings is 1. The first-order chi connectivity index (χ1) is 20.6. The maximum absolute atomic E-state index is 14.6. The van der Waals surface area contributed by atoms with Gasteiger partial charge in [0.15, 0.2) is 0 Å². The van der Waals surface area contributed by atoms with Crippen molar-refractivity contribution in [2.45, 2.75) is 58.0 Å². The Morgan fingerprint density at radius 3 is 2.49 bits per heavy atom. The molecule has 2 aliphatic rings. The molecule has 1 aromatic heterocycles. The Kier molecular flexibility index (Phi) is 7.91. The van der Waals surface area contributed by atoms with Crippen molar-refractivity contribution in [1.29, 1.82) is 0 Å². The van der Waals surface area contributed by atoms with Crippen molar-refractivity contribution in [3.63, 3.8) is 0 Å². The third kappa shape index (κ3) is 5.73. The lowest BCUT2D eigenvalue weighted by Gasteiger charge is -2.34. The quantitative estimate of drug-likeness (QED) is 0.252. The topological polar surface area (TPSA) is 85.6 Å². The molecule has 43 heavy (non-hydrogen) atoms. The highest BCUT2D eigenvalue weighted by Gasteiger charge is 2.36. The number of hydrogen-bond acceptors (Lipinski definition) is 4. The zero-order valence-electron chi connectivity index (χ0n) is 23.5. The highest BCUT2D eigenvalue weighted by atomic mass is 79.9. The molecule has 0 saturated heterocycles. The summed E-state index contributed by atoms with van der Waals surface area (Å²) in [4.78, 5) is 43.2. The summed E-state index contributed by atoms with van der Waals surface area (Å²) in [7, 11) is 0. The van der Waals surface area contributed by atoms with Crippen LogP contribution >= 0.6 is 27.5 Å². The normalized spacial score (nSPS) is 16.9. The van der Waals surface area contributed by atoms with Crippen molar-refractivity contribution in [3.05, 3.63) is 115 Å². The van der Waals surface area contributed by atoms with Gasteiger partial charge in [0, 0.05) is 28.2 Å². The molecule has 1 N–H and O–H groups in total. The van der Waals surface area contributed by atoms with Crippen molar-refractivity contribution in [2.75, 3.05) is 0 Å². The van der Waals surface area contributed by atoms with Gasteiger partial charge >= 0.3 is 5.69 Å². The van der Waals surface area contributed by atoms with Crippen molar-refractivity contribution in [3.8, 4) is 11.4 Å². The Hall–Kier alpha value is -3.89. The highest BCUT2D eigenvalue weighted by molar-refractivity contribution is 9.10. The summed E-state index contributed by atoms with van der Waals surface area (Å²) in [5, 5.41) is 3.27. The van der Waals surface area contributed by atoms with Crippen LogP contribution in [0.4, 0.5) is 4.39 Å². The lowest BCUT2D eigenvalue weighted by atomic mass is 10.1. The van der Waals surface area contributed by atoms with Gasteiger partial charge in [-0.1, -0.05) is 29.8 Å². The van der Waals surface area contributed by atoms with E-state index in [2.05, 4.69) is 21.2 Å². The summed E-state index contributed by atoms with van der Waals surface area (Å²) in [6, 6.07) is 17.2. The van der Waals surface area contributed by atoms with E-state index in [1.807, 2.05) is 6.92 Å². The Morgan fingerprint density at radius 1 is 1.09 bits per heavy atom. The molecule has 0 bridgehead atoms. The Morgan fingerprint density at radius 2 is 1.81 bits per heavy atom. The van der Waals surface area contributed by atoms with Gasteiger partial charge < -0.3 is 15.0 Å². The molecule has 2 atom stereocenters. The molecule has 222 valence electrons. The number of carbonyl (C=O) groups is 2. The molecular weight excluding hydrogens is 639 g/mol. The molecule has 2 heterocycles. The SMILES string of the molecule is C[C@H](NC(=O)c1c2n(c(=O)n1-c1ccc(OC3CC3)cc1)C[C@H](C)N(C(=O)c1ccc(Br)c(Cl)c1)C2)c1ccccc1F. The number of hydrogen-bond donors (Lipinski definition) is 1. The minimum atomic E-state index is -0.688. The minimum absolute atomic E-state index is 0.00955. The molecule has 3 aromatic carbocycles. The first kappa shape index (κ1) is 29.2. The van der Waals surface area contributed by atoms with E-state index in [0.29, 0.717) is 37.8 Å². The molecule has 4 aromatic rings. The largest absolute Gasteiger partial charge is 0.490 e. The zero-order valence-corrected chi connectivity index (χ0v) is 25.9. The van der Waals surface area contributed by atoms with E-state index in [1.54, 1.807) is 77.1 Å². The van der Waals surface area contributed by atoms with Gasteiger partial charge in [-0.15, -0.1) is 0 Å². The van der Waals surface area contributed by atoms with Crippen LogP contribution in [0.5, 0.6) is 5.75 Å². The van der Waals surface area contributed by atoms with Crippen LogP contribution in [-0.2, 0) is 13.1 Å². The van der Waals surface area contributed by atoms with Gasteiger partial charge in [0.1, 0.15) is 17.3 Å². The monoisotopic (exact) mass is 666 g/mol. The van der Waals surface area contributed by atoms with Crippen LogP contribution in [0.25, 0.3) is 5.69 Å². The van der Waals surface area contributed by atoms with E-state index < -0.39 is 23.5 Å². The van der Waals surface area contributed by atoms with Crippen molar-refractivity contribution in [1.82, 2.24) is 19.4 Å². The number of nitrogens with one attached hydrogen (secondary N) is 1. The highest BCUT2D eigenvalue weighted by Crippen LogP contribution is 2.30. The molecule has 11 heteroatoms. The van der Waals surface area contributed by atoms with Crippen molar-refractivity contribution < 1.29 is 18.7 Å². The van der Waals surface area contributed by atoms with Gasteiger partial charge in [-0.2, -0.15) is 0 Å². The zero-order chi connectivity index (χ0) is 30.4. The van der Waals surface area contributed by atoms with Crippen LogP contribution in [0.3, 0.4) is 0 Å². The lowest BCUT2D eigenvalue weighted by Crippen LogP contribution is -2.47. The summed E-state index contributed by atoms with van der Waals surface area (Å²) in [5.41, 5.74) is 1.25. The minimum Gasteiger partial charge on any atom is -0.490 e.